The molecule has 492 valence electrons. The van der Waals surface area contributed by atoms with E-state index in [0.717, 1.165) is 0 Å². The number of allylic oxidation sites excluding steroid dienone is 24. The van der Waals surface area contributed by atoms with Gasteiger partial charge >= 0.3 is 72.4 Å². The normalized spacial score (nSPS) is 11.0. The van der Waals surface area contributed by atoms with Crippen LogP contribution in [-0.4, -0.2) is 134 Å². The molecule has 0 spiro atoms. The summed E-state index contributed by atoms with van der Waals surface area (Å²) in [6, 6.07) is -19.5. The summed E-state index contributed by atoms with van der Waals surface area (Å²) in [6.07, 6.45) is 6.00. The minimum atomic E-state index is -1.62. The molecule has 0 aromatic heterocycles. The molecule has 0 saturated heterocycles. The van der Waals surface area contributed by atoms with Crippen molar-refractivity contribution in [2.24, 2.45) is 0 Å². The SMILES string of the molecule is C/C(O)=C/C(=O)F.C/C(O)=C/C(=O)F.C/C(O)=C/C(=O)F.C/C(O)=C/C(=O)F.C/C(O)=C/C(=O)F.C/C(O)=C/C(=O)F.C/C(O)=C/C(=O)F.C/C(O)=C/C(=O)F.C/C(O)=C/C(=O)F.C/C(O)=C/C(=O)F.C/C(O)=C/C(=O)F.C/C(O)=C/C(=O)F.[Zr].[Zr].[Zr]. The Kier molecular flexibility index (Phi) is 109. The molecule has 0 aromatic rings. The van der Waals surface area contributed by atoms with E-state index in [1.807, 2.05) is 0 Å². The minimum absolute atomic E-state index is 0. The van der Waals surface area contributed by atoms with Crippen molar-refractivity contribution in [3.8, 4) is 0 Å². The summed E-state index contributed by atoms with van der Waals surface area (Å²) in [5, 5.41) is 97.5. The van der Waals surface area contributed by atoms with Crippen LogP contribution < -0.4 is 0 Å². The fourth-order valence-electron chi connectivity index (χ4n) is 1.97. The van der Waals surface area contributed by atoms with Crippen LogP contribution in [0.4, 0.5) is 52.7 Å². The van der Waals surface area contributed by atoms with Gasteiger partial charge in [0.25, 0.3) is 0 Å². The maximum absolute atomic E-state index is 11.1. The van der Waals surface area contributed by atoms with Gasteiger partial charge in [0.2, 0.25) is 0 Å². The Morgan fingerprint density at radius 1 is 0.161 bits per heavy atom. The first kappa shape index (κ1) is 118. The van der Waals surface area contributed by atoms with Gasteiger partial charge in [-0.3, -0.25) is 57.5 Å². The Hall–Kier alpha value is -7.67. The van der Waals surface area contributed by atoms with E-state index in [4.69, 9.17) is 61.3 Å². The molecule has 0 atom stereocenters. The zero-order valence-electron chi connectivity index (χ0n) is 47.2. The van der Waals surface area contributed by atoms with E-state index < -0.39 is 72.4 Å². The number of carbonyl (C=O) groups excluding carboxylic acids is 12. The number of rotatable bonds is 12. The van der Waals surface area contributed by atoms with Crippen LogP contribution >= 0.6 is 0 Å². The summed E-state index contributed by atoms with van der Waals surface area (Å²) < 4.78 is 133. The molecule has 0 aliphatic heterocycles. The topological polar surface area (TPSA) is 448 Å². The average Bonchev–Trinajstić information content (AvgIpc) is 3.14. The van der Waals surface area contributed by atoms with Gasteiger partial charge in [-0.2, -0.15) is 52.7 Å². The molecule has 24 nitrogen and oxygen atoms in total. The van der Waals surface area contributed by atoms with Gasteiger partial charge in [0.1, 0.15) is 0 Å². The molecule has 0 aromatic carbocycles. The van der Waals surface area contributed by atoms with E-state index in [0.29, 0.717) is 72.9 Å². The van der Waals surface area contributed by atoms with Gasteiger partial charge in [0.15, 0.2) is 0 Å². The number of aliphatic hydroxyl groups is 12. The molecule has 0 amide bonds. The van der Waals surface area contributed by atoms with Crippen LogP contribution in [0.3, 0.4) is 0 Å². The smallest absolute Gasteiger partial charge is 0.328 e. The van der Waals surface area contributed by atoms with Gasteiger partial charge < -0.3 is 61.3 Å². The second-order valence-corrected chi connectivity index (χ2v) is 13.1. The third kappa shape index (κ3) is 281. The van der Waals surface area contributed by atoms with Gasteiger partial charge in [-0.15, -0.1) is 0 Å². The number of hydrogen-bond donors (Lipinski definition) is 12. The van der Waals surface area contributed by atoms with Crippen LogP contribution in [-0.2, 0) is 136 Å². The van der Waals surface area contributed by atoms with Crippen molar-refractivity contribution in [2.45, 2.75) is 83.1 Å². The predicted molar refractivity (Wildman–Crippen MR) is 270 cm³/mol. The van der Waals surface area contributed by atoms with Crippen molar-refractivity contribution in [3.05, 3.63) is 142 Å². The summed E-state index contributed by atoms with van der Waals surface area (Å²) in [5.41, 5.74) is 0. The molecule has 0 heterocycles. The Morgan fingerprint density at radius 2 is 0.195 bits per heavy atom. The Labute approximate surface area is 544 Å². The second-order valence-electron chi connectivity index (χ2n) is 13.1. The van der Waals surface area contributed by atoms with Gasteiger partial charge in [0.05, 0.1) is 142 Å². The van der Waals surface area contributed by atoms with E-state index in [1.165, 1.54) is 83.1 Å². The number of aliphatic hydroxyl groups excluding tert-OH is 12. The molecule has 87 heavy (non-hydrogen) atoms. The second kappa shape index (κ2) is 80.4. The summed E-state index contributed by atoms with van der Waals surface area (Å²) in [6.45, 7) is 14.6. The van der Waals surface area contributed by atoms with Crippen molar-refractivity contribution < 1.29 is 250 Å². The fourth-order valence-corrected chi connectivity index (χ4v) is 1.97. The fraction of sp³-hybridized carbons (Fsp3) is 0.250. The van der Waals surface area contributed by atoms with Crippen LogP contribution in [0, 0.1) is 0 Å². The third-order valence-corrected chi connectivity index (χ3v) is 3.87. The molecule has 0 aliphatic carbocycles. The largest absolute Gasteiger partial charge is 0.512 e. The molecular formula is C48H60F12O24Zr3. The van der Waals surface area contributed by atoms with E-state index in [-0.39, 0.29) is 148 Å². The molecule has 0 bridgehead atoms. The monoisotopic (exact) mass is 1520 g/mol. The first-order valence-electron chi connectivity index (χ1n) is 20.3. The maximum Gasteiger partial charge on any atom is 0.328 e. The molecule has 0 fully saturated rings. The molecule has 0 aliphatic rings. The molecule has 0 unspecified atom stereocenters. The predicted octanol–water partition coefficient (Wildman–Crippen LogP) is 11.3. The van der Waals surface area contributed by atoms with Crippen LogP contribution in [0.1, 0.15) is 83.1 Å². The van der Waals surface area contributed by atoms with E-state index in [1.54, 1.807) is 0 Å². The summed E-state index contributed by atoms with van der Waals surface area (Å²) >= 11 is 0. The maximum atomic E-state index is 11.1. The zero-order valence-corrected chi connectivity index (χ0v) is 54.6. The Bertz CT molecular complexity index is 1850. The van der Waals surface area contributed by atoms with Crippen molar-refractivity contribution >= 4 is 72.4 Å². The minimum Gasteiger partial charge on any atom is -0.512 e. The number of hydrogen-bond acceptors (Lipinski definition) is 24. The van der Waals surface area contributed by atoms with Crippen molar-refractivity contribution in [1.29, 1.82) is 0 Å². The quantitative estimate of drug-likeness (QED) is 0.0374. The third-order valence-electron chi connectivity index (χ3n) is 3.87. The van der Waals surface area contributed by atoms with Gasteiger partial charge in [-0.1, -0.05) is 0 Å². The van der Waals surface area contributed by atoms with Crippen LogP contribution in [0.15, 0.2) is 142 Å². The van der Waals surface area contributed by atoms with Crippen molar-refractivity contribution in [1.82, 2.24) is 0 Å². The summed E-state index contributed by atoms with van der Waals surface area (Å²) in [4.78, 5) is 112. The molecular weight excluding hydrogens is 1460 g/mol. The Morgan fingerprint density at radius 3 is 0.195 bits per heavy atom. The van der Waals surface area contributed by atoms with Crippen molar-refractivity contribution in [3.63, 3.8) is 0 Å². The summed E-state index contributed by atoms with van der Waals surface area (Å²) in [5.74, 6) is -3.75. The van der Waals surface area contributed by atoms with Crippen LogP contribution in [0.5, 0.6) is 0 Å². The Balaban J connectivity index is -0.0000000498. The molecule has 39 heteroatoms. The van der Waals surface area contributed by atoms with Crippen molar-refractivity contribution in [2.75, 3.05) is 0 Å². The van der Waals surface area contributed by atoms with E-state index in [9.17, 15) is 110 Å². The van der Waals surface area contributed by atoms with E-state index >= 15 is 0 Å². The molecule has 0 rings (SSSR count). The zero-order chi connectivity index (χ0) is 70.3. The molecule has 12 N–H and O–H groups in total. The summed E-state index contributed by atoms with van der Waals surface area (Å²) in [7, 11) is 0. The van der Waals surface area contributed by atoms with E-state index in [2.05, 4.69) is 0 Å². The molecule has 0 radical (unpaired) electrons. The first-order chi connectivity index (χ1) is 37.5. The van der Waals surface area contributed by atoms with Gasteiger partial charge in [-0.05, 0) is 83.1 Å². The van der Waals surface area contributed by atoms with Crippen LogP contribution in [0.2, 0.25) is 0 Å². The first-order valence-corrected chi connectivity index (χ1v) is 20.3. The number of halogens is 12. The van der Waals surface area contributed by atoms with Gasteiger partial charge in [-0.25, -0.2) is 0 Å². The standard InChI is InChI=1S/12C4H5FO2.3Zr/c12*1-3(6)2-4(5)7;;;/h12*2,6H,1H3;;;/b12*3-2-;;;. The van der Waals surface area contributed by atoms with Crippen LogP contribution in [0.25, 0.3) is 0 Å². The number of carbonyl (C=O) groups is 12. The van der Waals surface area contributed by atoms with Gasteiger partial charge in [0, 0.05) is 78.6 Å². The molecule has 0 saturated carbocycles. The average molecular weight is 1520 g/mol.